The molecule has 6 nitrogen and oxygen atoms in total. The van der Waals surface area contributed by atoms with Crippen LogP contribution in [0.1, 0.15) is 12.1 Å². The summed E-state index contributed by atoms with van der Waals surface area (Å²) in [6.07, 6.45) is 0.102. The molecule has 1 N–H and O–H groups in total. The highest BCUT2D eigenvalue weighted by Gasteiger charge is 2.18. The predicted octanol–water partition coefficient (Wildman–Crippen LogP) is 3.55. The van der Waals surface area contributed by atoms with E-state index in [2.05, 4.69) is 5.32 Å². The van der Waals surface area contributed by atoms with E-state index >= 15 is 0 Å². The first-order chi connectivity index (χ1) is 13.0. The number of hydrogen-bond donors (Lipinski definition) is 1. The van der Waals surface area contributed by atoms with Crippen molar-refractivity contribution in [1.82, 2.24) is 9.36 Å². The van der Waals surface area contributed by atoms with Gasteiger partial charge in [-0.25, -0.2) is 4.68 Å². The van der Waals surface area contributed by atoms with Crippen molar-refractivity contribution in [3.63, 3.8) is 0 Å². The topological polar surface area (TPSA) is 65.3 Å². The number of halogens is 1. The number of hydrogen-bond acceptors (Lipinski definition) is 3. The van der Waals surface area contributed by atoms with Gasteiger partial charge in [0.1, 0.15) is 11.4 Å². The third-order valence-electron chi connectivity index (χ3n) is 4.24. The highest BCUT2D eigenvalue weighted by atomic mass is 35.5. The predicted molar refractivity (Wildman–Crippen MR) is 106 cm³/mol. The Morgan fingerprint density at radius 3 is 2.48 bits per heavy atom. The fourth-order valence-corrected chi connectivity index (χ4v) is 2.92. The van der Waals surface area contributed by atoms with Crippen molar-refractivity contribution in [3.05, 3.63) is 75.7 Å². The van der Waals surface area contributed by atoms with Gasteiger partial charge in [0.25, 0.3) is 5.56 Å². The van der Waals surface area contributed by atoms with Gasteiger partial charge in [0.2, 0.25) is 5.91 Å². The molecule has 0 unspecified atom stereocenters. The van der Waals surface area contributed by atoms with Crippen LogP contribution < -0.4 is 15.6 Å². The van der Waals surface area contributed by atoms with Crippen molar-refractivity contribution in [3.8, 4) is 11.4 Å². The van der Waals surface area contributed by atoms with Crippen molar-refractivity contribution < 1.29 is 9.53 Å². The van der Waals surface area contributed by atoms with Gasteiger partial charge in [-0.2, -0.15) is 0 Å². The quantitative estimate of drug-likeness (QED) is 0.705. The monoisotopic (exact) mass is 385 g/mol. The molecule has 0 aliphatic carbocycles. The molecule has 3 rings (SSSR count). The summed E-state index contributed by atoms with van der Waals surface area (Å²) in [4.78, 5) is 25.0. The summed E-state index contributed by atoms with van der Waals surface area (Å²) < 4.78 is 8.76. The van der Waals surface area contributed by atoms with Gasteiger partial charge in [0, 0.05) is 7.05 Å². The number of carbonyl (C=O) groups excluding carboxylic acids is 1. The fraction of sp³-hybridized carbons (Fsp3) is 0.200. The van der Waals surface area contributed by atoms with Crippen LogP contribution in [0.4, 0.5) is 5.69 Å². The molecule has 0 spiro atoms. The Labute approximate surface area is 161 Å². The van der Waals surface area contributed by atoms with Crippen LogP contribution in [0.25, 0.3) is 5.69 Å². The molecule has 2 aromatic carbocycles. The number of rotatable bonds is 6. The van der Waals surface area contributed by atoms with Gasteiger partial charge in [0.05, 0.1) is 29.4 Å². The molecule has 0 saturated heterocycles. The van der Waals surface area contributed by atoms with E-state index in [9.17, 15) is 9.59 Å². The van der Waals surface area contributed by atoms with E-state index < -0.39 is 0 Å². The van der Waals surface area contributed by atoms with Crippen molar-refractivity contribution in [1.29, 1.82) is 0 Å². The fourth-order valence-electron chi connectivity index (χ4n) is 2.73. The summed E-state index contributed by atoms with van der Waals surface area (Å²) in [6.45, 7) is 1.95. The number of carbonyl (C=O) groups is 1. The van der Waals surface area contributed by atoms with Crippen molar-refractivity contribution in [2.75, 3.05) is 11.9 Å². The van der Waals surface area contributed by atoms with E-state index in [0.29, 0.717) is 16.5 Å². The minimum Gasteiger partial charge on any atom is -0.491 e. The SMILES string of the molecule is Cc1c(NC(=O)CCOc2ccccc2Cl)c(=O)n(-c2ccccc2)n1C. The maximum Gasteiger partial charge on any atom is 0.295 e. The lowest BCUT2D eigenvalue weighted by Gasteiger charge is -2.08. The minimum atomic E-state index is -0.298. The first-order valence-corrected chi connectivity index (χ1v) is 8.88. The molecule has 0 radical (unpaired) electrons. The van der Waals surface area contributed by atoms with E-state index in [1.165, 1.54) is 4.68 Å². The van der Waals surface area contributed by atoms with Gasteiger partial charge in [-0.05, 0) is 31.2 Å². The molecule has 140 valence electrons. The van der Waals surface area contributed by atoms with Gasteiger partial charge in [-0.3, -0.25) is 14.3 Å². The van der Waals surface area contributed by atoms with Crippen molar-refractivity contribution in [2.24, 2.45) is 7.05 Å². The second-order valence-electron chi connectivity index (χ2n) is 6.01. The zero-order valence-electron chi connectivity index (χ0n) is 15.1. The summed E-state index contributed by atoms with van der Waals surface area (Å²) in [6, 6.07) is 16.3. The summed E-state index contributed by atoms with van der Waals surface area (Å²) in [5, 5.41) is 3.19. The van der Waals surface area contributed by atoms with Gasteiger partial charge in [0.15, 0.2) is 0 Å². The van der Waals surface area contributed by atoms with Crippen molar-refractivity contribution >= 4 is 23.2 Å². The normalized spacial score (nSPS) is 10.6. The van der Waals surface area contributed by atoms with E-state index in [1.807, 2.05) is 30.3 Å². The summed E-state index contributed by atoms with van der Waals surface area (Å²) in [5.41, 5.74) is 1.39. The minimum absolute atomic E-state index is 0.102. The number of ether oxygens (including phenoxy) is 1. The lowest BCUT2D eigenvalue weighted by atomic mass is 10.3. The van der Waals surface area contributed by atoms with Gasteiger partial charge < -0.3 is 10.1 Å². The zero-order chi connectivity index (χ0) is 19.4. The molecule has 7 heteroatoms. The van der Waals surface area contributed by atoms with E-state index in [0.717, 1.165) is 5.69 Å². The maximum atomic E-state index is 12.8. The Morgan fingerprint density at radius 1 is 1.11 bits per heavy atom. The number of benzene rings is 2. The van der Waals surface area contributed by atoms with E-state index in [-0.39, 0.29) is 30.2 Å². The number of para-hydroxylation sites is 2. The van der Waals surface area contributed by atoms with Crippen LogP contribution in [-0.2, 0) is 11.8 Å². The number of amides is 1. The molecule has 1 aromatic heterocycles. The molecule has 0 atom stereocenters. The summed E-state index contributed by atoms with van der Waals surface area (Å²) in [7, 11) is 1.78. The third-order valence-corrected chi connectivity index (χ3v) is 4.55. The van der Waals surface area contributed by atoms with Gasteiger partial charge >= 0.3 is 0 Å². The first kappa shape index (κ1) is 18.8. The number of nitrogens with one attached hydrogen (secondary N) is 1. The molecule has 1 heterocycles. The summed E-state index contributed by atoms with van der Waals surface area (Å²) in [5.74, 6) is 0.224. The van der Waals surface area contributed by atoms with Crippen LogP contribution in [0, 0.1) is 6.92 Å². The van der Waals surface area contributed by atoms with Crippen molar-refractivity contribution in [2.45, 2.75) is 13.3 Å². The highest BCUT2D eigenvalue weighted by molar-refractivity contribution is 6.32. The van der Waals surface area contributed by atoms with E-state index in [4.69, 9.17) is 16.3 Å². The molecule has 3 aromatic rings. The Balaban J connectivity index is 1.70. The average Bonchev–Trinajstić information content (AvgIpc) is 2.87. The largest absolute Gasteiger partial charge is 0.491 e. The van der Waals surface area contributed by atoms with Crippen LogP contribution >= 0.6 is 11.6 Å². The molecule has 0 aliphatic rings. The standard InChI is InChI=1S/C20H20ClN3O3/c1-14-19(20(26)24(23(14)2)15-8-4-3-5-9-15)22-18(25)12-13-27-17-11-7-6-10-16(17)21/h3-11H,12-13H2,1-2H3,(H,22,25). The third kappa shape index (κ3) is 4.06. The highest BCUT2D eigenvalue weighted by Crippen LogP contribution is 2.23. The van der Waals surface area contributed by atoms with Crippen LogP contribution in [0.5, 0.6) is 5.75 Å². The number of anilines is 1. The molecule has 0 bridgehead atoms. The molecule has 0 saturated carbocycles. The maximum absolute atomic E-state index is 12.8. The molecular formula is C20H20ClN3O3. The van der Waals surface area contributed by atoms with Gasteiger partial charge in [-0.1, -0.05) is 41.9 Å². The van der Waals surface area contributed by atoms with Gasteiger partial charge in [-0.15, -0.1) is 0 Å². The smallest absolute Gasteiger partial charge is 0.295 e. The second-order valence-corrected chi connectivity index (χ2v) is 6.42. The average molecular weight is 386 g/mol. The van der Waals surface area contributed by atoms with E-state index in [1.54, 1.807) is 42.9 Å². The van der Waals surface area contributed by atoms with Crippen LogP contribution in [0.3, 0.4) is 0 Å². The zero-order valence-corrected chi connectivity index (χ0v) is 15.9. The van der Waals surface area contributed by atoms with Crippen LogP contribution in [0.2, 0.25) is 5.02 Å². The van der Waals surface area contributed by atoms with Crippen LogP contribution in [-0.4, -0.2) is 21.9 Å². The molecule has 27 heavy (non-hydrogen) atoms. The molecular weight excluding hydrogens is 366 g/mol. The Kier molecular flexibility index (Phi) is 5.66. The van der Waals surface area contributed by atoms with Crippen LogP contribution in [0.15, 0.2) is 59.4 Å². The lowest BCUT2D eigenvalue weighted by Crippen LogP contribution is -2.23. The molecule has 0 fully saturated rings. The second kappa shape index (κ2) is 8.14. The molecule has 0 aliphatic heterocycles. The Hall–Kier alpha value is -2.99. The first-order valence-electron chi connectivity index (χ1n) is 8.50. The number of nitrogens with zero attached hydrogens (tertiary/aromatic N) is 2. The Bertz CT molecular complexity index is 1010. The number of aromatic nitrogens is 2. The molecule has 1 amide bonds. The Morgan fingerprint density at radius 2 is 1.78 bits per heavy atom. The lowest BCUT2D eigenvalue weighted by molar-refractivity contribution is -0.116. The summed E-state index contributed by atoms with van der Waals surface area (Å²) >= 11 is 6.02.